The summed E-state index contributed by atoms with van der Waals surface area (Å²) in [6, 6.07) is 1.78. The monoisotopic (exact) mass is 265 g/mol. The second-order valence-electron chi connectivity index (χ2n) is 2.65. The quantitative estimate of drug-likeness (QED) is 0.801. The number of H-pyrrole nitrogens is 1. The van der Waals surface area contributed by atoms with Gasteiger partial charge in [0, 0.05) is 7.05 Å². The lowest BCUT2D eigenvalue weighted by molar-refractivity contribution is 0.902. The summed E-state index contributed by atoms with van der Waals surface area (Å²) in [5.41, 5.74) is 0.802. The first kappa shape index (κ1) is 10.2. The number of aromatic amines is 1. The van der Waals surface area contributed by atoms with Crippen molar-refractivity contribution in [3.63, 3.8) is 0 Å². The highest BCUT2D eigenvalue weighted by atomic mass is 35.5. The highest BCUT2D eigenvalue weighted by molar-refractivity contribution is 7.71. The van der Waals surface area contributed by atoms with E-state index in [0.29, 0.717) is 19.3 Å². The summed E-state index contributed by atoms with van der Waals surface area (Å²) in [4.78, 5) is 0. The van der Waals surface area contributed by atoms with Gasteiger partial charge < -0.3 is 4.57 Å². The molecule has 0 atom stereocenters. The van der Waals surface area contributed by atoms with Crippen LogP contribution in [0, 0.1) is 4.77 Å². The van der Waals surface area contributed by atoms with Crippen LogP contribution in [0.5, 0.6) is 0 Å². The number of hydrogen-bond acceptors (Lipinski definition) is 3. The number of halogens is 2. The lowest BCUT2D eigenvalue weighted by atomic mass is 10.3. The molecule has 0 radical (unpaired) electrons. The molecule has 0 amide bonds. The van der Waals surface area contributed by atoms with E-state index in [-0.39, 0.29) is 0 Å². The fourth-order valence-corrected chi connectivity index (χ4v) is 2.67. The van der Waals surface area contributed by atoms with E-state index < -0.39 is 0 Å². The predicted molar refractivity (Wildman–Crippen MR) is 61.7 cm³/mol. The van der Waals surface area contributed by atoms with Crippen LogP contribution in [0.15, 0.2) is 6.07 Å². The number of aromatic nitrogens is 3. The third-order valence-corrected chi connectivity index (χ3v) is 3.63. The second kappa shape index (κ2) is 3.66. The van der Waals surface area contributed by atoms with Crippen molar-refractivity contribution in [3.05, 3.63) is 19.5 Å². The van der Waals surface area contributed by atoms with Gasteiger partial charge in [0.25, 0.3) is 0 Å². The van der Waals surface area contributed by atoms with Gasteiger partial charge in [0.2, 0.25) is 0 Å². The molecule has 0 spiro atoms. The Balaban J connectivity index is 2.65. The van der Waals surface area contributed by atoms with Crippen LogP contribution in [0.1, 0.15) is 0 Å². The maximum atomic E-state index is 5.99. The summed E-state index contributed by atoms with van der Waals surface area (Å²) >= 11 is 18.1. The molecule has 0 fully saturated rings. The van der Waals surface area contributed by atoms with Gasteiger partial charge in [0.15, 0.2) is 10.6 Å². The summed E-state index contributed by atoms with van der Waals surface area (Å²) in [6.07, 6.45) is 0. The zero-order chi connectivity index (χ0) is 10.3. The van der Waals surface area contributed by atoms with E-state index in [1.54, 1.807) is 10.6 Å². The van der Waals surface area contributed by atoms with E-state index in [1.165, 1.54) is 11.3 Å². The van der Waals surface area contributed by atoms with Crippen molar-refractivity contribution < 1.29 is 0 Å². The van der Waals surface area contributed by atoms with E-state index in [9.17, 15) is 0 Å². The molecule has 2 aromatic rings. The minimum Gasteiger partial charge on any atom is -0.303 e. The topological polar surface area (TPSA) is 33.6 Å². The van der Waals surface area contributed by atoms with Crippen LogP contribution >= 0.6 is 46.8 Å². The Morgan fingerprint density at radius 1 is 1.57 bits per heavy atom. The lowest BCUT2D eigenvalue weighted by Crippen LogP contribution is -1.91. The molecule has 7 heteroatoms. The average Bonchev–Trinajstić information content (AvgIpc) is 2.59. The number of nitrogens with one attached hydrogen (secondary N) is 1. The van der Waals surface area contributed by atoms with E-state index in [4.69, 9.17) is 35.4 Å². The van der Waals surface area contributed by atoms with E-state index in [0.717, 1.165) is 5.56 Å². The van der Waals surface area contributed by atoms with Crippen molar-refractivity contribution in [1.29, 1.82) is 0 Å². The van der Waals surface area contributed by atoms with Gasteiger partial charge in [-0.1, -0.05) is 23.2 Å². The fourth-order valence-electron chi connectivity index (χ4n) is 1.08. The van der Waals surface area contributed by atoms with Crippen LogP contribution in [0.2, 0.25) is 8.67 Å². The highest BCUT2D eigenvalue weighted by Gasteiger charge is 2.13. The van der Waals surface area contributed by atoms with Gasteiger partial charge in [-0.05, 0) is 18.3 Å². The Hall–Kier alpha value is -0.360. The number of rotatable bonds is 1. The first-order valence-corrected chi connectivity index (χ1v) is 5.64. The third-order valence-electron chi connectivity index (χ3n) is 1.78. The first-order valence-electron chi connectivity index (χ1n) is 3.66. The van der Waals surface area contributed by atoms with Crippen molar-refractivity contribution in [2.45, 2.75) is 0 Å². The molecule has 2 heterocycles. The van der Waals surface area contributed by atoms with Crippen molar-refractivity contribution in [2.75, 3.05) is 0 Å². The molecule has 0 saturated heterocycles. The van der Waals surface area contributed by atoms with Crippen LogP contribution in [0.3, 0.4) is 0 Å². The van der Waals surface area contributed by atoms with Gasteiger partial charge >= 0.3 is 0 Å². The second-order valence-corrected chi connectivity index (χ2v) is 5.32. The van der Waals surface area contributed by atoms with Crippen LogP contribution in [-0.4, -0.2) is 14.8 Å². The molecule has 1 N–H and O–H groups in total. The maximum Gasteiger partial charge on any atom is 0.195 e. The molecule has 0 aliphatic heterocycles. The molecule has 0 bridgehead atoms. The van der Waals surface area contributed by atoms with E-state index in [1.807, 2.05) is 7.05 Å². The number of nitrogens with zero attached hydrogens (tertiary/aromatic N) is 2. The van der Waals surface area contributed by atoms with Gasteiger partial charge in [-0.15, -0.1) is 11.3 Å². The molecular weight excluding hydrogens is 261 g/mol. The standard InChI is InChI=1S/C7H5Cl2N3S2/c1-12-6(10-11-7(12)13)3-2-4(8)14-5(3)9/h2H,1H3,(H,11,13). The Morgan fingerprint density at radius 3 is 2.71 bits per heavy atom. The molecule has 3 nitrogen and oxygen atoms in total. The summed E-state index contributed by atoms with van der Waals surface area (Å²) in [5.74, 6) is 0.697. The summed E-state index contributed by atoms with van der Waals surface area (Å²) in [7, 11) is 1.82. The molecule has 0 aromatic carbocycles. The molecule has 2 aromatic heterocycles. The SMILES string of the molecule is Cn1c(-c2cc(Cl)sc2Cl)n[nH]c1=S. The van der Waals surface area contributed by atoms with Crippen molar-refractivity contribution in [1.82, 2.24) is 14.8 Å². The van der Waals surface area contributed by atoms with Gasteiger partial charge in [0.05, 0.1) is 9.90 Å². The Morgan fingerprint density at radius 2 is 2.29 bits per heavy atom. The first-order chi connectivity index (χ1) is 6.59. The van der Waals surface area contributed by atoms with Gasteiger partial charge in [-0.3, -0.25) is 5.10 Å². The maximum absolute atomic E-state index is 5.99. The van der Waals surface area contributed by atoms with E-state index in [2.05, 4.69) is 10.2 Å². The van der Waals surface area contributed by atoms with Crippen LogP contribution in [-0.2, 0) is 7.05 Å². The Bertz CT molecular complexity index is 525. The number of hydrogen-bond donors (Lipinski definition) is 1. The van der Waals surface area contributed by atoms with E-state index >= 15 is 0 Å². The van der Waals surface area contributed by atoms with Crippen molar-refractivity contribution in [2.24, 2.45) is 7.05 Å². The normalized spacial score (nSPS) is 10.8. The minimum absolute atomic E-state index is 0.554. The molecule has 0 aliphatic rings. The van der Waals surface area contributed by atoms with Crippen LogP contribution in [0.4, 0.5) is 0 Å². The zero-order valence-corrected chi connectivity index (χ0v) is 10.2. The zero-order valence-electron chi connectivity index (χ0n) is 7.04. The predicted octanol–water partition coefficient (Wildman–Crippen LogP) is 3.51. The minimum atomic E-state index is 0.554. The molecular formula is C7H5Cl2N3S2. The summed E-state index contributed by atoms with van der Waals surface area (Å²) in [5, 5.41) is 6.76. The third kappa shape index (κ3) is 1.61. The van der Waals surface area contributed by atoms with Crippen molar-refractivity contribution in [3.8, 4) is 11.4 Å². The van der Waals surface area contributed by atoms with Crippen molar-refractivity contribution >= 4 is 46.8 Å². The largest absolute Gasteiger partial charge is 0.303 e. The molecule has 2 rings (SSSR count). The molecule has 0 aliphatic carbocycles. The number of thiophene rings is 1. The van der Waals surface area contributed by atoms with Crippen LogP contribution < -0.4 is 0 Å². The highest BCUT2D eigenvalue weighted by Crippen LogP contribution is 2.36. The van der Waals surface area contributed by atoms with Crippen LogP contribution in [0.25, 0.3) is 11.4 Å². The van der Waals surface area contributed by atoms with Gasteiger partial charge in [-0.2, -0.15) is 5.10 Å². The fraction of sp³-hybridized carbons (Fsp3) is 0.143. The smallest absolute Gasteiger partial charge is 0.195 e. The average molecular weight is 266 g/mol. The molecule has 0 saturated carbocycles. The lowest BCUT2D eigenvalue weighted by Gasteiger charge is -1.96. The van der Waals surface area contributed by atoms with Gasteiger partial charge in [-0.25, -0.2) is 0 Å². The van der Waals surface area contributed by atoms with Gasteiger partial charge in [0.1, 0.15) is 4.34 Å². The molecule has 74 valence electrons. The Labute approximate surface area is 99.3 Å². The molecule has 14 heavy (non-hydrogen) atoms. The summed E-state index contributed by atoms with van der Waals surface area (Å²) in [6.45, 7) is 0. The Kier molecular flexibility index (Phi) is 2.66. The molecule has 0 unspecified atom stereocenters. The summed E-state index contributed by atoms with van der Waals surface area (Å²) < 4.78 is 3.56.